The minimum atomic E-state index is -0.314. The van der Waals surface area contributed by atoms with Gasteiger partial charge in [-0.2, -0.15) is 4.98 Å². The van der Waals surface area contributed by atoms with Crippen molar-refractivity contribution in [2.24, 2.45) is 5.92 Å². The van der Waals surface area contributed by atoms with Gasteiger partial charge in [0, 0.05) is 18.7 Å². The minimum Gasteiger partial charge on any atom is -0.459 e. The molecule has 0 unspecified atom stereocenters. The van der Waals surface area contributed by atoms with Crippen molar-refractivity contribution in [2.45, 2.75) is 39.2 Å². The fourth-order valence-electron chi connectivity index (χ4n) is 3.57. The van der Waals surface area contributed by atoms with E-state index in [0.717, 1.165) is 5.56 Å². The summed E-state index contributed by atoms with van der Waals surface area (Å²) in [5.74, 6) is 0.749. The van der Waals surface area contributed by atoms with E-state index >= 15 is 0 Å². The van der Waals surface area contributed by atoms with Crippen molar-refractivity contribution in [3.8, 4) is 11.4 Å². The smallest absolute Gasteiger partial charge is 0.309 e. The molecule has 31 heavy (non-hydrogen) atoms. The molecular formula is C23H25N3O5. The zero-order valence-corrected chi connectivity index (χ0v) is 17.6. The van der Waals surface area contributed by atoms with Crippen molar-refractivity contribution in [2.75, 3.05) is 13.1 Å². The van der Waals surface area contributed by atoms with Gasteiger partial charge < -0.3 is 18.6 Å². The molecule has 0 bridgehead atoms. The molecule has 8 heteroatoms. The van der Waals surface area contributed by atoms with Crippen LogP contribution in [0.5, 0.6) is 0 Å². The first kappa shape index (κ1) is 20.8. The van der Waals surface area contributed by atoms with Crippen LogP contribution in [-0.4, -0.2) is 40.0 Å². The summed E-state index contributed by atoms with van der Waals surface area (Å²) < 4.78 is 15.8. The Morgan fingerprint density at radius 3 is 2.55 bits per heavy atom. The number of rotatable bonds is 6. The second-order valence-corrected chi connectivity index (χ2v) is 7.94. The molecule has 8 nitrogen and oxygen atoms in total. The number of hydrogen-bond donors (Lipinski definition) is 0. The molecule has 0 radical (unpaired) electrons. The summed E-state index contributed by atoms with van der Waals surface area (Å²) in [6.07, 6.45) is 2.56. The number of piperidine rings is 1. The summed E-state index contributed by atoms with van der Waals surface area (Å²) in [4.78, 5) is 30.7. The van der Waals surface area contributed by atoms with Gasteiger partial charge in [-0.3, -0.25) is 9.59 Å². The number of aromatic nitrogens is 2. The first-order valence-corrected chi connectivity index (χ1v) is 10.4. The van der Waals surface area contributed by atoms with Crippen molar-refractivity contribution in [1.29, 1.82) is 0 Å². The van der Waals surface area contributed by atoms with Crippen LogP contribution >= 0.6 is 0 Å². The second-order valence-electron chi connectivity index (χ2n) is 7.94. The van der Waals surface area contributed by atoms with Crippen LogP contribution in [0.4, 0.5) is 0 Å². The maximum atomic E-state index is 12.4. The molecule has 1 aliphatic heterocycles. The molecule has 1 aromatic carbocycles. The molecule has 0 saturated carbocycles. The molecule has 4 rings (SSSR count). The van der Waals surface area contributed by atoms with E-state index in [2.05, 4.69) is 24.0 Å². The quantitative estimate of drug-likeness (QED) is 0.552. The lowest BCUT2D eigenvalue weighted by Crippen LogP contribution is -2.40. The molecule has 3 aromatic rings. The molecule has 3 heterocycles. The van der Waals surface area contributed by atoms with Crippen LogP contribution < -0.4 is 0 Å². The Morgan fingerprint density at radius 2 is 1.90 bits per heavy atom. The zero-order chi connectivity index (χ0) is 21.8. The number of carbonyl (C=O) groups excluding carboxylic acids is 2. The monoisotopic (exact) mass is 423 g/mol. The minimum absolute atomic E-state index is 0.0680. The Kier molecular flexibility index (Phi) is 6.16. The van der Waals surface area contributed by atoms with Crippen LogP contribution in [0.25, 0.3) is 11.4 Å². The lowest BCUT2D eigenvalue weighted by molar-refractivity contribution is -0.152. The van der Waals surface area contributed by atoms with E-state index in [1.807, 2.05) is 24.3 Å². The molecule has 1 fully saturated rings. The van der Waals surface area contributed by atoms with E-state index in [4.69, 9.17) is 13.7 Å². The molecule has 1 amide bonds. The number of carbonyl (C=O) groups is 2. The fourth-order valence-corrected chi connectivity index (χ4v) is 3.57. The highest BCUT2D eigenvalue weighted by Gasteiger charge is 2.30. The van der Waals surface area contributed by atoms with Crippen LogP contribution in [-0.2, 0) is 16.1 Å². The maximum absolute atomic E-state index is 12.4. The number of esters is 1. The molecule has 2 aromatic heterocycles. The number of hydrogen-bond acceptors (Lipinski definition) is 7. The fraction of sp³-hybridized carbons (Fsp3) is 0.391. The number of amides is 1. The van der Waals surface area contributed by atoms with Gasteiger partial charge in [-0.1, -0.05) is 43.3 Å². The molecule has 162 valence electrons. The maximum Gasteiger partial charge on any atom is 0.309 e. The highest BCUT2D eigenvalue weighted by molar-refractivity contribution is 5.91. The van der Waals surface area contributed by atoms with Crippen molar-refractivity contribution in [3.63, 3.8) is 0 Å². The average Bonchev–Trinajstić information content (AvgIpc) is 3.49. The highest BCUT2D eigenvalue weighted by atomic mass is 16.6. The molecule has 0 N–H and O–H groups in total. The van der Waals surface area contributed by atoms with E-state index in [9.17, 15) is 9.59 Å². The van der Waals surface area contributed by atoms with Crippen molar-refractivity contribution in [3.05, 3.63) is 59.9 Å². The van der Waals surface area contributed by atoms with E-state index in [-0.39, 0.29) is 30.3 Å². The summed E-state index contributed by atoms with van der Waals surface area (Å²) in [7, 11) is 0. The van der Waals surface area contributed by atoms with Crippen LogP contribution in [0.2, 0.25) is 0 Å². The third-order valence-corrected chi connectivity index (χ3v) is 5.49. The van der Waals surface area contributed by atoms with Gasteiger partial charge in [0.05, 0.1) is 12.2 Å². The van der Waals surface area contributed by atoms with Gasteiger partial charge in [-0.25, -0.2) is 0 Å². The van der Waals surface area contributed by atoms with Crippen LogP contribution in [0, 0.1) is 5.92 Å². The Morgan fingerprint density at radius 1 is 1.16 bits per heavy atom. The predicted molar refractivity (Wildman–Crippen MR) is 111 cm³/mol. The second kappa shape index (κ2) is 9.16. The largest absolute Gasteiger partial charge is 0.459 e. The Labute approximate surface area is 180 Å². The van der Waals surface area contributed by atoms with E-state index < -0.39 is 0 Å². The van der Waals surface area contributed by atoms with Crippen LogP contribution in [0.3, 0.4) is 0 Å². The number of ether oxygens (including phenoxy) is 1. The molecule has 0 aliphatic carbocycles. The van der Waals surface area contributed by atoms with Gasteiger partial charge in [-0.05, 0) is 36.5 Å². The van der Waals surface area contributed by atoms with Crippen LogP contribution in [0.15, 0.2) is 51.6 Å². The lowest BCUT2D eigenvalue weighted by atomic mass is 9.97. The van der Waals surface area contributed by atoms with Gasteiger partial charge in [0.2, 0.25) is 5.82 Å². The first-order valence-electron chi connectivity index (χ1n) is 10.4. The molecule has 1 aliphatic rings. The standard InChI is InChI=1S/C23H25N3O5/c1-15(2)16-5-7-17(8-6-16)21-24-20(31-25-21)14-30-23(28)18-9-11-26(12-10-18)22(27)19-4-3-13-29-19/h3-8,13,15,18H,9-12,14H2,1-2H3. The molecular weight excluding hydrogens is 398 g/mol. The number of benzene rings is 1. The summed E-state index contributed by atoms with van der Waals surface area (Å²) in [5.41, 5.74) is 2.08. The Balaban J connectivity index is 1.26. The number of likely N-dealkylation sites (tertiary alicyclic amines) is 1. The molecule has 0 spiro atoms. The van der Waals surface area contributed by atoms with Crippen molar-refractivity contribution >= 4 is 11.9 Å². The van der Waals surface area contributed by atoms with Crippen molar-refractivity contribution < 1.29 is 23.3 Å². The van der Waals surface area contributed by atoms with Gasteiger partial charge in [0.15, 0.2) is 12.4 Å². The third kappa shape index (κ3) is 4.84. The predicted octanol–water partition coefficient (Wildman–Crippen LogP) is 4.05. The molecule has 0 atom stereocenters. The number of nitrogens with zero attached hydrogens (tertiary/aromatic N) is 3. The molecule has 1 saturated heterocycles. The topological polar surface area (TPSA) is 98.7 Å². The summed E-state index contributed by atoms with van der Waals surface area (Å²) in [6.45, 7) is 5.17. The Bertz CT molecular complexity index is 1020. The van der Waals surface area contributed by atoms with E-state index in [1.54, 1.807) is 17.0 Å². The summed E-state index contributed by atoms with van der Waals surface area (Å²) in [6, 6.07) is 11.3. The normalized spacial score (nSPS) is 14.7. The Hall–Kier alpha value is -3.42. The highest BCUT2D eigenvalue weighted by Crippen LogP contribution is 2.23. The van der Waals surface area contributed by atoms with Crippen molar-refractivity contribution in [1.82, 2.24) is 15.0 Å². The third-order valence-electron chi connectivity index (χ3n) is 5.49. The van der Waals surface area contributed by atoms with Gasteiger partial charge in [-0.15, -0.1) is 0 Å². The van der Waals surface area contributed by atoms with E-state index in [0.29, 0.717) is 43.4 Å². The SMILES string of the molecule is CC(C)c1ccc(-c2noc(COC(=O)C3CCN(C(=O)c4ccco4)CC3)n2)cc1. The van der Waals surface area contributed by atoms with Gasteiger partial charge in [0.1, 0.15) is 0 Å². The van der Waals surface area contributed by atoms with Gasteiger partial charge >= 0.3 is 5.97 Å². The van der Waals surface area contributed by atoms with Crippen LogP contribution in [0.1, 0.15) is 54.6 Å². The first-order chi connectivity index (χ1) is 15.0. The zero-order valence-electron chi connectivity index (χ0n) is 17.6. The van der Waals surface area contributed by atoms with Gasteiger partial charge in [0.25, 0.3) is 11.8 Å². The summed E-state index contributed by atoms with van der Waals surface area (Å²) in [5, 5.41) is 3.97. The number of furan rings is 1. The van der Waals surface area contributed by atoms with E-state index in [1.165, 1.54) is 11.8 Å². The average molecular weight is 423 g/mol. The summed E-state index contributed by atoms with van der Waals surface area (Å²) >= 11 is 0. The lowest BCUT2D eigenvalue weighted by Gasteiger charge is -2.30.